The summed E-state index contributed by atoms with van der Waals surface area (Å²) in [5.74, 6) is 0.0675. The number of thioether (sulfide) groups is 1. The Bertz CT molecular complexity index is 930. The van der Waals surface area contributed by atoms with E-state index in [0.717, 1.165) is 24.2 Å². The molecule has 0 spiro atoms. The molecule has 0 aliphatic heterocycles. The normalized spacial score (nSPS) is 17.0. The first kappa shape index (κ1) is 17.8. The first-order valence-corrected chi connectivity index (χ1v) is 10.2. The Balaban J connectivity index is 1.63. The van der Waals surface area contributed by atoms with Gasteiger partial charge in [0.1, 0.15) is 0 Å². The van der Waals surface area contributed by atoms with E-state index in [4.69, 9.17) is 0 Å². The molecule has 0 aromatic heterocycles. The number of rotatable bonds is 4. The first-order valence-electron chi connectivity index (χ1n) is 9.41. The molecule has 0 saturated carbocycles. The number of carbonyl (C=O) groups excluding carboxylic acids is 1. The van der Waals surface area contributed by atoms with Gasteiger partial charge in [0.2, 0.25) is 0 Å². The Morgan fingerprint density at radius 2 is 1.22 bits per heavy atom. The van der Waals surface area contributed by atoms with Gasteiger partial charge >= 0.3 is 0 Å². The van der Waals surface area contributed by atoms with E-state index >= 15 is 0 Å². The molecule has 1 nitrogen and oxygen atoms in total. The molecule has 1 aliphatic rings. The van der Waals surface area contributed by atoms with Gasteiger partial charge in [0.15, 0.2) is 5.12 Å². The van der Waals surface area contributed by atoms with Crippen LogP contribution in [0.5, 0.6) is 0 Å². The third-order valence-electron chi connectivity index (χ3n) is 5.10. The van der Waals surface area contributed by atoms with Crippen molar-refractivity contribution in [2.45, 2.75) is 24.2 Å². The van der Waals surface area contributed by atoms with E-state index in [1.165, 1.54) is 34.0 Å². The summed E-state index contributed by atoms with van der Waals surface area (Å²) in [5, 5.41) is 0.279. The van der Waals surface area contributed by atoms with E-state index in [9.17, 15) is 4.79 Å². The van der Waals surface area contributed by atoms with E-state index in [1.54, 1.807) is 0 Å². The van der Waals surface area contributed by atoms with Crippen LogP contribution < -0.4 is 0 Å². The van der Waals surface area contributed by atoms with E-state index in [0.29, 0.717) is 0 Å². The largest absolute Gasteiger partial charge is 0.287 e. The van der Waals surface area contributed by atoms with Crippen molar-refractivity contribution in [3.8, 4) is 0 Å². The van der Waals surface area contributed by atoms with Crippen molar-refractivity contribution in [1.29, 1.82) is 0 Å². The molecule has 0 saturated heterocycles. The van der Waals surface area contributed by atoms with Gasteiger partial charge in [-0.05, 0) is 53.7 Å². The molecule has 3 aromatic rings. The van der Waals surface area contributed by atoms with Gasteiger partial charge < -0.3 is 0 Å². The van der Waals surface area contributed by atoms with Gasteiger partial charge in [-0.15, -0.1) is 0 Å². The predicted octanol–water partition coefficient (Wildman–Crippen LogP) is 6.72. The summed E-state index contributed by atoms with van der Waals surface area (Å²) in [6, 6.07) is 31.1. The highest BCUT2D eigenvalue weighted by atomic mass is 32.2. The molecule has 1 aliphatic carbocycles. The number of carbonyl (C=O) groups is 1. The zero-order chi connectivity index (χ0) is 18.5. The quantitative estimate of drug-likeness (QED) is 0.474. The SMILES string of the molecule is O=C(Sc1ccccc1)C1CCC(c2ccccc2)=C(c2ccccc2)C1. The lowest BCUT2D eigenvalue weighted by molar-refractivity contribution is -0.114. The van der Waals surface area contributed by atoms with Crippen LogP contribution in [0.4, 0.5) is 0 Å². The number of benzene rings is 3. The van der Waals surface area contributed by atoms with Crippen LogP contribution in [-0.2, 0) is 4.79 Å². The molecule has 134 valence electrons. The predicted molar refractivity (Wildman–Crippen MR) is 114 cm³/mol. The zero-order valence-corrected chi connectivity index (χ0v) is 16.0. The van der Waals surface area contributed by atoms with E-state index in [-0.39, 0.29) is 11.0 Å². The summed E-state index contributed by atoms with van der Waals surface area (Å²) in [7, 11) is 0. The lowest BCUT2D eigenvalue weighted by atomic mass is 9.79. The van der Waals surface area contributed by atoms with Gasteiger partial charge in [0.25, 0.3) is 0 Å². The van der Waals surface area contributed by atoms with Gasteiger partial charge in [-0.2, -0.15) is 0 Å². The second-order valence-electron chi connectivity index (χ2n) is 6.86. The molecule has 27 heavy (non-hydrogen) atoms. The van der Waals surface area contributed by atoms with Crippen molar-refractivity contribution in [2.24, 2.45) is 5.92 Å². The molecule has 0 fully saturated rings. The van der Waals surface area contributed by atoms with Gasteiger partial charge in [-0.1, -0.05) is 90.6 Å². The summed E-state index contributed by atoms with van der Waals surface area (Å²) in [6.45, 7) is 0. The van der Waals surface area contributed by atoms with Crippen molar-refractivity contribution in [2.75, 3.05) is 0 Å². The van der Waals surface area contributed by atoms with Crippen molar-refractivity contribution < 1.29 is 4.79 Å². The summed E-state index contributed by atoms with van der Waals surface area (Å²) < 4.78 is 0. The fraction of sp³-hybridized carbons (Fsp3) is 0.160. The van der Waals surface area contributed by atoms with E-state index < -0.39 is 0 Å². The lowest BCUT2D eigenvalue weighted by Crippen LogP contribution is -2.16. The van der Waals surface area contributed by atoms with Gasteiger partial charge in [0.05, 0.1) is 0 Å². The molecule has 0 bridgehead atoms. The molecule has 0 amide bonds. The van der Waals surface area contributed by atoms with Gasteiger partial charge in [-0.3, -0.25) is 4.79 Å². The van der Waals surface area contributed by atoms with Gasteiger partial charge in [-0.25, -0.2) is 0 Å². The maximum atomic E-state index is 12.9. The topological polar surface area (TPSA) is 17.1 Å². The fourth-order valence-electron chi connectivity index (χ4n) is 3.72. The van der Waals surface area contributed by atoms with Crippen LogP contribution in [0.25, 0.3) is 11.1 Å². The van der Waals surface area contributed by atoms with Crippen LogP contribution in [0.1, 0.15) is 30.4 Å². The molecular formula is C25H22OS. The minimum absolute atomic E-state index is 0.0675. The number of hydrogen-bond donors (Lipinski definition) is 0. The maximum absolute atomic E-state index is 12.9. The molecule has 0 radical (unpaired) electrons. The van der Waals surface area contributed by atoms with Crippen LogP contribution in [0.2, 0.25) is 0 Å². The van der Waals surface area contributed by atoms with Crippen LogP contribution in [0, 0.1) is 5.92 Å². The van der Waals surface area contributed by atoms with Gasteiger partial charge in [0, 0.05) is 10.8 Å². The highest BCUT2D eigenvalue weighted by Crippen LogP contribution is 2.42. The number of hydrogen-bond acceptors (Lipinski definition) is 2. The van der Waals surface area contributed by atoms with E-state index in [1.807, 2.05) is 36.4 Å². The molecule has 0 heterocycles. The standard InChI is InChI=1S/C25H22OS/c26-25(27-22-14-8-3-9-15-22)21-16-17-23(19-10-4-1-5-11-19)24(18-21)20-12-6-2-7-13-20/h1-15,21H,16-18H2. The van der Waals surface area contributed by atoms with Crippen molar-refractivity contribution in [3.05, 3.63) is 102 Å². The average Bonchev–Trinajstić information content (AvgIpc) is 2.75. The summed E-state index contributed by atoms with van der Waals surface area (Å²) in [6.07, 6.45) is 2.67. The zero-order valence-electron chi connectivity index (χ0n) is 15.2. The summed E-state index contributed by atoms with van der Waals surface area (Å²) in [4.78, 5) is 14.0. The molecule has 1 atom stereocenters. The fourth-order valence-corrected chi connectivity index (χ4v) is 4.61. The molecule has 1 unspecified atom stereocenters. The average molecular weight is 371 g/mol. The Kier molecular flexibility index (Phi) is 5.55. The Morgan fingerprint density at radius 1 is 0.704 bits per heavy atom. The molecule has 4 rings (SSSR count). The molecule has 3 aromatic carbocycles. The van der Waals surface area contributed by atoms with Crippen LogP contribution >= 0.6 is 11.8 Å². The van der Waals surface area contributed by atoms with Crippen LogP contribution in [0.15, 0.2) is 95.9 Å². The highest BCUT2D eigenvalue weighted by molar-refractivity contribution is 8.13. The molecule has 2 heteroatoms. The Morgan fingerprint density at radius 3 is 1.81 bits per heavy atom. The minimum atomic E-state index is 0.0675. The van der Waals surface area contributed by atoms with Crippen molar-refractivity contribution in [1.82, 2.24) is 0 Å². The Hall–Kier alpha value is -2.58. The monoisotopic (exact) mass is 370 g/mol. The Labute approximate surface area is 165 Å². The molecule has 0 N–H and O–H groups in total. The highest BCUT2D eigenvalue weighted by Gasteiger charge is 2.28. The summed E-state index contributed by atoms with van der Waals surface area (Å²) in [5.41, 5.74) is 5.21. The third-order valence-corrected chi connectivity index (χ3v) is 6.14. The van der Waals surface area contributed by atoms with Crippen molar-refractivity contribution >= 4 is 28.0 Å². The number of allylic oxidation sites excluding steroid dienone is 2. The summed E-state index contributed by atoms with van der Waals surface area (Å²) >= 11 is 1.38. The van der Waals surface area contributed by atoms with Crippen LogP contribution in [0.3, 0.4) is 0 Å². The maximum Gasteiger partial charge on any atom is 0.197 e. The van der Waals surface area contributed by atoms with E-state index in [2.05, 4.69) is 54.6 Å². The van der Waals surface area contributed by atoms with Crippen LogP contribution in [-0.4, -0.2) is 5.12 Å². The molecular weight excluding hydrogens is 348 g/mol. The second-order valence-corrected chi connectivity index (χ2v) is 7.94. The smallest absolute Gasteiger partial charge is 0.197 e. The minimum Gasteiger partial charge on any atom is -0.287 e. The second kappa shape index (κ2) is 8.41. The first-order chi connectivity index (χ1) is 13.3. The lowest BCUT2D eigenvalue weighted by Gasteiger charge is -2.27. The van der Waals surface area contributed by atoms with Crippen molar-refractivity contribution in [3.63, 3.8) is 0 Å². The third kappa shape index (κ3) is 4.23.